The highest BCUT2D eigenvalue weighted by atomic mass is 35.5. The lowest BCUT2D eigenvalue weighted by Gasteiger charge is -2.11. The molecule has 1 amide bonds. The van der Waals surface area contributed by atoms with Gasteiger partial charge in [0.1, 0.15) is 17.6 Å². The Labute approximate surface area is 156 Å². The van der Waals surface area contributed by atoms with Crippen LogP contribution in [0.3, 0.4) is 0 Å². The molecule has 0 bridgehead atoms. The van der Waals surface area contributed by atoms with Gasteiger partial charge in [-0.1, -0.05) is 29.8 Å². The first-order chi connectivity index (χ1) is 12.6. The zero-order valence-corrected chi connectivity index (χ0v) is 15.1. The van der Waals surface area contributed by atoms with Gasteiger partial charge in [-0.2, -0.15) is 0 Å². The fraction of sp³-hybridized carbons (Fsp3) is 0.316. The lowest BCUT2D eigenvalue weighted by atomic mass is 10.0. The Balaban J connectivity index is 1.52. The maximum absolute atomic E-state index is 13.2. The van der Waals surface area contributed by atoms with Gasteiger partial charge in [-0.3, -0.25) is 4.79 Å². The minimum absolute atomic E-state index is 0.0432. The zero-order chi connectivity index (χ0) is 18.5. The van der Waals surface area contributed by atoms with E-state index < -0.39 is 5.82 Å². The van der Waals surface area contributed by atoms with Crippen molar-refractivity contribution in [2.24, 2.45) is 0 Å². The number of carbonyl (C=O) groups excluding carboxylic acids is 1. The number of hydrazine groups is 1. The molecule has 3 rings (SSSR count). The predicted octanol–water partition coefficient (Wildman–Crippen LogP) is 3.10. The summed E-state index contributed by atoms with van der Waals surface area (Å²) in [6.07, 6.45) is 0.629. The zero-order valence-electron chi connectivity index (χ0n) is 14.4. The third-order valence-electron chi connectivity index (χ3n) is 4.26. The molecule has 1 saturated heterocycles. The molecule has 7 heteroatoms. The summed E-state index contributed by atoms with van der Waals surface area (Å²) in [5.41, 5.74) is 8.00. The Kier molecular flexibility index (Phi) is 6.08. The molecule has 1 heterocycles. The van der Waals surface area contributed by atoms with Gasteiger partial charge in [0.25, 0.3) is 0 Å². The van der Waals surface area contributed by atoms with Gasteiger partial charge < -0.3 is 10.1 Å². The summed E-state index contributed by atoms with van der Waals surface area (Å²) < 4.78 is 18.6. The number of nitrogens with one attached hydrogen (secondary N) is 3. The minimum Gasteiger partial charge on any atom is -0.494 e. The van der Waals surface area contributed by atoms with E-state index >= 15 is 0 Å². The lowest BCUT2D eigenvalue weighted by molar-refractivity contribution is -0.123. The van der Waals surface area contributed by atoms with Crippen molar-refractivity contribution in [2.45, 2.75) is 32.0 Å². The van der Waals surface area contributed by atoms with E-state index in [1.807, 2.05) is 31.2 Å². The second-order valence-corrected chi connectivity index (χ2v) is 6.51. The second-order valence-electron chi connectivity index (χ2n) is 6.10. The van der Waals surface area contributed by atoms with Crippen LogP contribution in [-0.4, -0.2) is 18.6 Å². The molecule has 0 spiro atoms. The Morgan fingerprint density at radius 1 is 1.27 bits per heavy atom. The quantitative estimate of drug-likeness (QED) is 0.724. The molecule has 3 N–H and O–H groups in total. The molecule has 138 valence electrons. The van der Waals surface area contributed by atoms with Crippen LogP contribution >= 0.6 is 11.6 Å². The molecule has 0 radical (unpaired) electrons. The Morgan fingerprint density at radius 2 is 2.04 bits per heavy atom. The molecule has 1 aliphatic rings. The van der Waals surface area contributed by atoms with Crippen LogP contribution in [0.25, 0.3) is 0 Å². The number of halogens is 2. The average Bonchev–Trinajstić information content (AvgIpc) is 3.13. The van der Waals surface area contributed by atoms with Gasteiger partial charge >= 0.3 is 0 Å². The number of hydrogen-bond donors (Lipinski definition) is 3. The van der Waals surface area contributed by atoms with E-state index in [1.165, 1.54) is 12.1 Å². The van der Waals surface area contributed by atoms with Crippen molar-refractivity contribution in [3.05, 3.63) is 64.4 Å². The topological polar surface area (TPSA) is 62.4 Å². The summed E-state index contributed by atoms with van der Waals surface area (Å²) >= 11 is 5.76. The van der Waals surface area contributed by atoms with Crippen LogP contribution in [0.5, 0.6) is 5.75 Å². The van der Waals surface area contributed by atoms with E-state index in [2.05, 4.69) is 16.2 Å². The smallest absolute Gasteiger partial charge is 0.238 e. The Bertz CT molecular complexity index is 770. The first kappa shape index (κ1) is 18.6. The van der Waals surface area contributed by atoms with Crippen molar-refractivity contribution in [3.8, 4) is 5.75 Å². The number of ether oxygens (including phenoxy) is 1. The standard InChI is InChI=1S/C19H21ClFN3O2/c1-2-26-14-6-4-13(5-7-14)17-10-18(24-23-17)19(25)22-11-12-3-8-16(21)15(20)9-12/h3-9,17-18,23-24H,2,10-11H2,1H3,(H,22,25). The lowest BCUT2D eigenvalue weighted by Crippen LogP contribution is -2.42. The molecule has 5 nitrogen and oxygen atoms in total. The van der Waals surface area contributed by atoms with Crippen LogP contribution < -0.4 is 20.9 Å². The van der Waals surface area contributed by atoms with Gasteiger partial charge in [0.15, 0.2) is 0 Å². The third kappa shape index (κ3) is 4.52. The maximum Gasteiger partial charge on any atom is 0.238 e. The van der Waals surface area contributed by atoms with E-state index in [0.29, 0.717) is 19.6 Å². The maximum atomic E-state index is 13.2. The van der Waals surface area contributed by atoms with E-state index in [-0.39, 0.29) is 23.0 Å². The van der Waals surface area contributed by atoms with Crippen LogP contribution in [-0.2, 0) is 11.3 Å². The summed E-state index contributed by atoms with van der Waals surface area (Å²) in [4.78, 5) is 12.3. The van der Waals surface area contributed by atoms with E-state index in [1.54, 1.807) is 6.07 Å². The molecule has 1 fully saturated rings. The molecule has 0 saturated carbocycles. The third-order valence-corrected chi connectivity index (χ3v) is 4.55. The van der Waals surface area contributed by atoms with Gasteiger partial charge in [-0.15, -0.1) is 0 Å². The summed E-state index contributed by atoms with van der Waals surface area (Å²) in [6.45, 7) is 2.87. The summed E-state index contributed by atoms with van der Waals surface area (Å²) in [5, 5.41) is 2.89. The Hall–Kier alpha value is -2.15. The van der Waals surface area contributed by atoms with Gasteiger partial charge in [0.2, 0.25) is 5.91 Å². The number of amides is 1. The highest BCUT2D eigenvalue weighted by molar-refractivity contribution is 6.30. The molecule has 0 aromatic heterocycles. The Morgan fingerprint density at radius 3 is 2.73 bits per heavy atom. The van der Waals surface area contributed by atoms with Gasteiger partial charge in [-0.25, -0.2) is 15.2 Å². The first-order valence-corrected chi connectivity index (χ1v) is 8.90. The molecular weight excluding hydrogens is 357 g/mol. The van der Waals surface area contributed by atoms with Crippen molar-refractivity contribution in [1.82, 2.24) is 16.2 Å². The largest absolute Gasteiger partial charge is 0.494 e. The number of carbonyl (C=O) groups is 1. The van der Waals surface area contributed by atoms with Crippen LogP contribution in [0, 0.1) is 5.82 Å². The van der Waals surface area contributed by atoms with Crippen molar-refractivity contribution < 1.29 is 13.9 Å². The number of rotatable bonds is 6. The van der Waals surface area contributed by atoms with Gasteiger partial charge in [0, 0.05) is 12.6 Å². The molecule has 2 unspecified atom stereocenters. The van der Waals surface area contributed by atoms with E-state index in [0.717, 1.165) is 16.9 Å². The van der Waals surface area contributed by atoms with Gasteiger partial charge in [0.05, 0.1) is 11.6 Å². The fourth-order valence-electron chi connectivity index (χ4n) is 2.87. The number of benzene rings is 2. The van der Waals surface area contributed by atoms with Crippen molar-refractivity contribution in [3.63, 3.8) is 0 Å². The number of hydrogen-bond acceptors (Lipinski definition) is 4. The minimum atomic E-state index is -0.471. The monoisotopic (exact) mass is 377 g/mol. The van der Waals surface area contributed by atoms with Gasteiger partial charge in [-0.05, 0) is 48.7 Å². The first-order valence-electron chi connectivity index (χ1n) is 8.52. The molecular formula is C19H21ClFN3O2. The molecule has 0 aliphatic carbocycles. The second kappa shape index (κ2) is 8.49. The molecule has 26 heavy (non-hydrogen) atoms. The van der Waals surface area contributed by atoms with Crippen LogP contribution in [0.2, 0.25) is 5.02 Å². The summed E-state index contributed by atoms with van der Waals surface area (Å²) in [5.74, 6) is 0.238. The van der Waals surface area contributed by atoms with Crippen molar-refractivity contribution >= 4 is 17.5 Å². The SMILES string of the molecule is CCOc1ccc(C2CC(C(=O)NCc3ccc(F)c(Cl)c3)NN2)cc1. The normalized spacial score (nSPS) is 19.3. The molecule has 1 aliphatic heterocycles. The highest BCUT2D eigenvalue weighted by Gasteiger charge is 2.29. The molecule has 2 aromatic carbocycles. The van der Waals surface area contributed by atoms with Crippen molar-refractivity contribution in [2.75, 3.05) is 6.61 Å². The van der Waals surface area contributed by atoms with E-state index in [9.17, 15) is 9.18 Å². The summed E-state index contributed by atoms with van der Waals surface area (Å²) in [6, 6.07) is 11.9. The molecule has 2 aromatic rings. The van der Waals surface area contributed by atoms with Crippen molar-refractivity contribution in [1.29, 1.82) is 0 Å². The van der Waals surface area contributed by atoms with Crippen LogP contribution in [0.15, 0.2) is 42.5 Å². The molecule has 2 atom stereocenters. The average molecular weight is 378 g/mol. The highest BCUT2D eigenvalue weighted by Crippen LogP contribution is 2.24. The predicted molar refractivity (Wildman–Crippen MR) is 98.3 cm³/mol. The fourth-order valence-corrected chi connectivity index (χ4v) is 3.07. The van der Waals surface area contributed by atoms with Crippen LogP contribution in [0.1, 0.15) is 30.5 Å². The van der Waals surface area contributed by atoms with Crippen LogP contribution in [0.4, 0.5) is 4.39 Å². The van der Waals surface area contributed by atoms with E-state index in [4.69, 9.17) is 16.3 Å². The summed E-state index contributed by atoms with van der Waals surface area (Å²) in [7, 11) is 0.